The second-order valence-corrected chi connectivity index (χ2v) is 8.01. The molecule has 144 valence electrons. The maximum absolute atomic E-state index is 12.3. The highest BCUT2D eigenvalue weighted by molar-refractivity contribution is 7.10. The Balaban J connectivity index is 1.67. The van der Waals surface area contributed by atoms with Gasteiger partial charge in [-0.1, -0.05) is 50.1 Å². The van der Waals surface area contributed by atoms with Crippen LogP contribution in [0.2, 0.25) is 0 Å². The molecule has 27 heavy (non-hydrogen) atoms. The topological polar surface area (TPSA) is 55.4 Å². The first kappa shape index (κ1) is 19.8. The van der Waals surface area contributed by atoms with E-state index in [4.69, 9.17) is 4.74 Å². The molecule has 0 radical (unpaired) electrons. The van der Waals surface area contributed by atoms with Crippen molar-refractivity contribution in [3.05, 3.63) is 57.8 Å². The van der Waals surface area contributed by atoms with E-state index in [0.717, 1.165) is 41.7 Å². The number of unbranched alkanes of at least 4 members (excludes halogenated alkanes) is 2. The Morgan fingerprint density at radius 2 is 2.07 bits per heavy atom. The summed E-state index contributed by atoms with van der Waals surface area (Å²) in [6.07, 6.45) is 4.99. The zero-order chi connectivity index (χ0) is 19.1. The fraction of sp³-hybridized carbons (Fsp3) is 0.455. The average molecular weight is 386 g/mol. The Hall–Kier alpha value is -1.98. The van der Waals surface area contributed by atoms with Gasteiger partial charge in [-0.15, -0.1) is 11.3 Å². The summed E-state index contributed by atoms with van der Waals surface area (Å²) in [5, 5.41) is 4.99. The lowest BCUT2D eigenvalue weighted by Crippen LogP contribution is -2.30. The van der Waals surface area contributed by atoms with Crippen molar-refractivity contribution in [1.82, 2.24) is 5.32 Å². The third kappa shape index (κ3) is 5.50. The van der Waals surface area contributed by atoms with E-state index in [1.807, 2.05) is 35.7 Å². The van der Waals surface area contributed by atoms with Gasteiger partial charge in [0.05, 0.1) is 12.6 Å². The zero-order valence-electron chi connectivity index (χ0n) is 15.8. The van der Waals surface area contributed by atoms with Crippen molar-refractivity contribution < 1.29 is 14.3 Å². The number of hydrogen-bond donors (Lipinski definition) is 1. The predicted molar refractivity (Wildman–Crippen MR) is 108 cm³/mol. The summed E-state index contributed by atoms with van der Waals surface area (Å²) in [6.45, 7) is 2.63. The Labute approximate surface area is 164 Å². The van der Waals surface area contributed by atoms with Gasteiger partial charge in [0.25, 0.3) is 0 Å². The first-order valence-electron chi connectivity index (χ1n) is 9.75. The number of Topliss-reactive ketones (excluding diaryl/α,β-unsaturated/α-hetero) is 1. The Kier molecular flexibility index (Phi) is 7.18. The molecule has 1 amide bonds. The average Bonchev–Trinajstić information content (AvgIpc) is 3.35. The molecule has 1 saturated heterocycles. The largest absolute Gasteiger partial charge is 0.366 e. The summed E-state index contributed by atoms with van der Waals surface area (Å²) in [7, 11) is 0. The monoisotopic (exact) mass is 385 g/mol. The standard InChI is InChI=1S/C22H27NO3S/c1-2-3-4-6-19(24)16-8-10-17(11-9-16)22(20-7-5-14-27-20)26-15-18-12-13-21(25)23-18/h5,7-11,14,18,22H,2-4,6,12-13,15H2,1H3,(H,23,25)/t18?,22-/m1/s1. The van der Waals surface area contributed by atoms with Crippen LogP contribution in [-0.2, 0) is 9.53 Å². The van der Waals surface area contributed by atoms with Crippen LogP contribution < -0.4 is 5.32 Å². The van der Waals surface area contributed by atoms with E-state index in [2.05, 4.69) is 18.3 Å². The molecule has 1 aromatic carbocycles. The van der Waals surface area contributed by atoms with Gasteiger partial charge in [-0.25, -0.2) is 0 Å². The van der Waals surface area contributed by atoms with Crippen LogP contribution in [0.15, 0.2) is 41.8 Å². The van der Waals surface area contributed by atoms with Gasteiger partial charge in [0.1, 0.15) is 6.10 Å². The van der Waals surface area contributed by atoms with E-state index in [-0.39, 0.29) is 23.8 Å². The molecular weight excluding hydrogens is 358 g/mol. The third-order valence-corrected chi connectivity index (χ3v) is 5.81. The number of rotatable bonds is 10. The van der Waals surface area contributed by atoms with Crippen molar-refractivity contribution in [3.8, 4) is 0 Å². The number of hydrogen-bond acceptors (Lipinski definition) is 4. The summed E-state index contributed by atoms with van der Waals surface area (Å²) < 4.78 is 6.20. The molecule has 4 nitrogen and oxygen atoms in total. The van der Waals surface area contributed by atoms with Crippen molar-refractivity contribution in [2.24, 2.45) is 0 Å². The summed E-state index contributed by atoms with van der Waals surface area (Å²) in [5.41, 5.74) is 1.80. The maximum atomic E-state index is 12.3. The Morgan fingerprint density at radius 3 is 2.70 bits per heavy atom. The lowest BCUT2D eigenvalue weighted by atomic mass is 10.0. The number of amides is 1. The number of ketones is 1. The van der Waals surface area contributed by atoms with Crippen molar-refractivity contribution in [3.63, 3.8) is 0 Å². The molecule has 0 aliphatic carbocycles. The minimum absolute atomic E-state index is 0.0828. The Morgan fingerprint density at radius 1 is 1.26 bits per heavy atom. The van der Waals surface area contributed by atoms with E-state index >= 15 is 0 Å². The molecule has 2 heterocycles. The van der Waals surface area contributed by atoms with Gasteiger partial charge < -0.3 is 10.1 Å². The van der Waals surface area contributed by atoms with E-state index < -0.39 is 0 Å². The number of thiophene rings is 1. The van der Waals surface area contributed by atoms with Crippen molar-refractivity contribution in [1.29, 1.82) is 0 Å². The predicted octanol–water partition coefficient (Wildman–Crippen LogP) is 4.90. The van der Waals surface area contributed by atoms with Crippen LogP contribution in [0.4, 0.5) is 0 Å². The molecule has 2 atom stereocenters. The summed E-state index contributed by atoms with van der Waals surface area (Å²) >= 11 is 1.65. The molecule has 0 saturated carbocycles. The molecule has 3 rings (SSSR count). The highest BCUT2D eigenvalue weighted by Gasteiger charge is 2.24. The fourth-order valence-electron chi connectivity index (χ4n) is 3.32. The summed E-state index contributed by atoms with van der Waals surface area (Å²) in [6, 6.07) is 12.0. The molecular formula is C22H27NO3S. The molecule has 1 aliphatic rings. The lowest BCUT2D eigenvalue weighted by Gasteiger charge is -2.20. The highest BCUT2D eigenvalue weighted by Crippen LogP contribution is 2.30. The summed E-state index contributed by atoms with van der Waals surface area (Å²) in [5.74, 6) is 0.305. The third-order valence-electron chi connectivity index (χ3n) is 4.89. The van der Waals surface area contributed by atoms with Crippen LogP contribution in [0, 0.1) is 0 Å². The first-order valence-corrected chi connectivity index (χ1v) is 10.6. The maximum Gasteiger partial charge on any atom is 0.220 e. The van der Waals surface area contributed by atoms with Crippen LogP contribution in [0.25, 0.3) is 0 Å². The molecule has 1 unspecified atom stereocenters. The van der Waals surface area contributed by atoms with Gasteiger partial charge in [-0.2, -0.15) is 0 Å². The quantitative estimate of drug-likeness (QED) is 0.468. The molecule has 2 aromatic rings. The number of carbonyl (C=O) groups excluding carboxylic acids is 2. The minimum Gasteiger partial charge on any atom is -0.366 e. The second kappa shape index (κ2) is 9.81. The van der Waals surface area contributed by atoms with Crippen molar-refractivity contribution >= 4 is 23.0 Å². The van der Waals surface area contributed by atoms with Crippen LogP contribution >= 0.6 is 11.3 Å². The van der Waals surface area contributed by atoms with Gasteiger partial charge in [0.2, 0.25) is 5.91 Å². The van der Waals surface area contributed by atoms with Crippen LogP contribution in [-0.4, -0.2) is 24.3 Å². The summed E-state index contributed by atoms with van der Waals surface area (Å²) in [4.78, 5) is 24.8. The smallest absolute Gasteiger partial charge is 0.220 e. The van der Waals surface area contributed by atoms with Crippen molar-refractivity contribution in [2.75, 3.05) is 6.61 Å². The van der Waals surface area contributed by atoms with E-state index in [0.29, 0.717) is 19.4 Å². The molecule has 1 aromatic heterocycles. The van der Waals surface area contributed by atoms with Crippen LogP contribution in [0.1, 0.15) is 72.4 Å². The minimum atomic E-state index is -0.174. The molecule has 0 spiro atoms. The number of nitrogens with one attached hydrogen (secondary N) is 1. The van der Waals surface area contributed by atoms with Crippen LogP contribution in [0.3, 0.4) is 0 Å². The second-order valence-electron chi connectivity index (χ2n) is 7.03. The SMILES string of the molecule is CCCCCC(=O)c1ccc([C@@H](OCC2CCC(=O)N2)c2cccs2)cc1. The van der Waals surface area contributed by atoms with Crippen molar-refractivity contribution in [2.45, 2.75) is 57.6 Å². The first-order chi connectivity index (χ1) is 13.2. The van der Waals surface area contributed by atoms with Gasteiger partial charge >= 0.3 is 0 Å². The highest BCUT2D eigenvalue weighted by atomic mass is 32.1. The zero-order valence-corrected chi connectivity index (χ0v) is 16.6. The van der Waals surface area contributed by atoms with Gasteiger partial charge in [0, 0.05) is 23.3 Å². The van der Waals surface area contributed by atoms with E-state index in [1.54, 1.807) is 11.3 Å². The molecule has 0 bridgehead atoms. The van der Waals surface area contributed by atoms with E-state index in [1.165, 1.54) is 0 Å². The van der Waals surface area contributed by atoms with Gasteiger partial charge in [0.15, 0.2) is 5.78 Å². The number of carbonyl (C=O) groups is 2. The molecule has 1 aliphatic heterocycles. The number of benzene rings is 1. The van der Waals surface area contributed by atoms with Gasteiger partial charge in [-0.3, -0.25) is 9.59 Å². The number of ether oxygens (including phenoxy) is 1. The Bertz CT molecular complexity index is 739. The lowest BCUT2D eigenvalue weighted by molar-refractivity contribution is -0.119. The molecule has 1 N–H and O–H groups in total. The normalized spacial score (nSPS) is 17.7. The molecule has 1 fully saturated rings. The van der Waals surface area contributed by atoms with Gasteiger partial charge in [-0.05, 0) is 29.9 Å². The van der Waals surface area contributed by atoms with Crippen LogP contribution in [0.5, 0.6) is 0 Å². The molecule has 5 heteroatoms. The fourth-order valence-corrected chi connectivity index (χ4v) is 4.12. The van der Waals surface area contributed by atoms with E-state index in [9.17, 15) is 9.59 Å².